The van der Waals surface area contributed by atoms with Crippen LogP contribution in [0.3, 0.4) is 0 Å². The molecule has 1 unspecified atom stereocenters. The number of hydrogen-bond donors (Lipinski definition) is 1. The van der Waals surface area contributed by atoms with Gasteiger partial charge in [-0.1, -0.05) is 27.2 Å². The predicted octanol–water partition coefficient (Wildman–Crippen LogP) is 1.36. The zero-order valence-corrected chi connectivity index (χ0v) is 12.0. The monoisotopic (exact) mass is 261 g/mol. The van der Waals surface area contributed by atoms with Gasteiger partial charge in [0, 0.05) is 12.6 Å². The summed E-state index contributed by atoms with van der Waals surface area (Å²) in [6, 6.07) is -0.204. The van der Waals surface area contributed by atoms with Gasteiger partial charge in [-0.2, -0.15) is 0 Å². The maximum atomic E-state index is 11.5. The zero-order chi connectivity index (χ0) is 13.8. The summed E-state index contributed by atoms with van der Waals surface area (Å²) in [4.78, 5) is 11.5. The highest BCUT2D eigenvalue weighted by Crippen LogP contribution is 1.94. The van der Waals surface area contributed by atoms with Crippen LogP contribution in [0.15, 0.2) is 0 Å². The first-order valence-electron chi connectivity index (χ1n) is 6.61. The van der Waals surface area contributed by atoms with Crippen LogP contribution in [0.1, 0.15) is 33.6 Å². The molecule has 0 saturated carbocycles. The fourth-order valence-electron chi connectivity index (χ4n) is 1.40. The van der Waals surface area contributed by atoms with Crippen LogP contribution >= 0.6 is 0 Å². The third-order valence-electron chi connectivity index (χ3n) is 2.32. The van der Waals surface area contributed by atoms with Crippen LogP contribution in [-0.2, 0) is 19.0 Å². The molecule has 0 radical (unpaired) electrons. The Balaban J connectivity index is 3.66. The maximum Gasteiger partial charge on any atom is 0.325 e. The van der Waals surface area contributed by atoms with Crippen molar-refractivity contribution in [2.75, 3.05) is 33.5 Å². The Bertz CT molecular complexity index is 209. The van der Waals surface area contributed by atoms with E-state index in [1.54, 1.807) is 0 Å². The quantitative estimate of drug-likeness (QED) is 0.449. The number of esters is 1. The highest BCUT2D eigenvalue weighted by Gasteiger charge is 2.19. The van der Waals surface area contributed by atoms with E-state index >= 15 is 0 Å². The minimum atomic E-state index is -0.411. The molecule has 1 N–H and O–H groups in total. The smallest absolute Gasteiger partial charge is 0.325 e. The van der Waals surface area contributed by atoms with Gasteiger partial charge in [0.15, 0.2) is 0 Å². The van der Waals surface area contributed by atoms with Crippen molar-refractivity contribution in [2.24, 2.45) is 0 Å². The van der Waals surface area contributed by atoms with Crippen LogP contribution < -0.4 is 5.32 Å². The number of nitrogens with one attached hydrogen (secondary N) is 1. The Labute approximate surface area is 110 Å². The van der Waals surface area contributed by atoms with Gasteiger partial charge in [-0.05, 0) is 6.42 Å². The predicted molar refractivity (Wildman–Crippen MR) is 70.6 cm³/mol. The second-order valence-electron chi connectivity index (χ2n) is 4.44. The van der Waals surface area contributed by atoms with Gasteiger partial charge in [-0.3, -0.25) is 4.79 Å². The lowest BCUT2D eigenvalue weighted by molar-refractivity contribution is -0.145. The zero-order valence-electron chi connectivity index (χ0n) is 12.0. The molecule has 0 aliphatic heterocycles. The Kier molecular flexibility index (Phi) is 11.0. The van der Waals surface area contributed by atoms with Crippen molar-refractivity contribution in [3.63, 3.8) is 0 Å². The Morgan fingerprint density at radius 3 is 2.39 bits per heavy atom. The second kappa shape index (κ2) is 11.4. The van der Waals surface area contributed by atoms with Gasteiger partial charge in [0.05, 0.1) is 26.9 Å². The van der Waals surface area contributed by atoms with E-state index < -0.39 is 6.04 Å². The third-order valence-corrected chi connectivity index (χ3v) is 2.32. The van der Waals surface area contributed by atoms with Gasteiger partial charge in [-0.15, -0.1) is 0 Å². The van der Waals surface area contributed by atoms with Crippen LogP contribution in [0.5, 0.6) is 0 Å². The minimum absolute atomic E-state index is 0.207. The van der Waals surface area contributed by atoms with Crippen molar-refractivity contribution in [1.29, 1.82) is 0 Å². The first-order valence-corrected chi connectivity index (χ1v) is 6.61. The number of methoxy groups -OCH3 is 1. The molecule has 1 atom stereocenters. The molecule has 0 bridgehead atoms. The molecule has 0 heterocycles. The van der Waals surface area contributed by atoms with E-state index in [2.05, 4.69) is 12.2 Å². The van der Waals surface area contributed by atoms with Crippen molar-refractivity contribution in [1.82, 2.24) is 5.32 Å². The summed E-state index contributed by atoms with van der Waals surface area (Å²) in [5.41, 5.74) is 0. The normalized spacial score (nSPS) is 12.7. The average molecular weight is 261 g/mol. The van der Waals surface area contributed by atoms with Gasteiger partial charge >= 0.3 is 5.97 Å². The Hall–Kier alpha value is -0.650. The highest BCUT2D eigenvalue weighted by atomic mass is 16.5. The van der Waals surface area contributed by atoms with Gasteiger partial charge < -0.3 is 19.5 Å². The van der Waals surface area contributed by atoms with Gasteiger partial charge in [0.1, 0.15) is 6.04 Å². The van der Waals surface area contributed by atoms with Crippen molar-refractivity contribution in [3.05, 3.63) is 0 Å². The molecule has 0 saturated heterocycles. The molecule has 5 heteroatoms. The molecule has 0 aliphatic carbocycles. The lowest BCUT2D eigenvalue weighted by Gasteiger charge is -2.18. The van der Waals surface area contributed by atoms with Crippen LogP contribution in [0.25, 0.3) is 0 Å². The van der Waals surface area contributed by atoms with Gasteiger partial charge in [0.2, 0.25) is 0 Å². The summed E-state index contributed by atoms with van der Waals surface area (Å²) in [6.07, 6.45) is 2.20. The highest BCUT2D eigenvalue weighted by molar-refractivity contribution is 5.75. The topological polar surface area (TPSA) is 56.8 Å². The first kappa shape index (κ1) is 17.4. The molecule has 0 rings (SSSR count). The standard InChI is InChI=1S/C13H27NO4/c1-5-6-7-17-8-9-18-10-12(13(15)16-4)14-11(2)3/h11-12,14H,5-10H2,1-4H3. The average Bonchev–Trinajstić information content (AvgIpc) is 2.34. The molecule has 0 aromatic carbocycles. The molecule has 108 valence electrons. The lowest BCUT2D eigenvalue weighted by Crippen LogP contribution is -2.44. The summed E-state index contributed by atoms with van der Waals surface area (Å²) < 4.78 is 15.5. The fraction of sp³-hybridized carbons (Fsp3) is 0.923. The molecule has 0 aromatic rings. The van der Waals surface area contributed by atoms with E-state index in [0.717, 1.165) is 19.4 Å². The molecule has 0 spiro atoms. The summed E-state index contributed by atoms with van der Waals surface area (Å²) in [7, 11) is 1.38. The number of carbonyl (C=O) groups is 1. The van der Waals surface area contributed by atoms with E-state index in [1.807, 2.05) is 13.8 Å². The summed E-state index contributed by atoms with van der Waals surface area (Å²) in [5, 5.41) is 3.10. The van der Waals surface area contributed by atoms with Gasteiger partial charge in [-0.25, -0.2) is 0 Å². The third kappa shape index (κ3) is 9.39. The molecule has 0 aliphatic rings. The summed E-state index contributed by atoms with van der Waals surface area (Å²) >= 11 is 0. The number of rotatable bonds is 11. The van der Waals surface area contributed by atoms with Crippen LogP contribution in [-0.4, -0.2) is 51.6 Å². The van der Waals surface area contributed by atoms with E-state index in [4.69, 9.17) is 14.2 Å². The Morgan fingerprint density at radius 1 is 1.17 bits per heavy atom. The number of carbonyl (C=O) groups excluding carboxylic acids is 1. The largest absolute Gasteiger partial charge is 0.468 e. The molecule has 0 fully saturated rings. The summed E-state index contributed by atoms with van der Waals surface area (Å²) in [6.45, 7) is 8.21. The minimum Gasteiger partial charge on any atom is -0.468 e. The first-order chi connectivity index (χ1) is 8.61. The van der Waals surface area contributed by atoms with Crippen molar-refractivity contribution in [3.8, 4) is 0 Å². The molecule has 18 heavy (non-hydrogen) atoms. The van der Waals surface area contributed by atoms with Crippen molar-refractivity contribution >= 4 is 5.97 Å². The van der Waals surface area contributed by atoms with Crippen LogP contribution in [0.4, 0.5) is 0 Å². The summed E-state index contributed by atoms with van der Waals surface area (Å²) in [5.74, 6) is -0.296. The molecular weight excluding hydrogens is 234 g/mol. The maximum absolute atomic E-state index is 11.5. The molecular formula is C13H27NO4. The van der Waals surface area contributed by atoms with E-state index in [-0.39, 0.29) is 12.0 Å². The Morgan fingerprint density at radius 2 is 1.83 bits per heavy atom. The molecule has 0 aromatic heterocycles. The van der Waals surface area contributed by atoms with Crippen LogP contribution in [0.2, 0.25) is 0 Å². The fourth-order valence-corrected chi connectivity index (χ4v) is 1.40. The number of hydrogen-bond acceptors (Lipinski definition) is 5. The van der Waals surface area contributed by atoms with E-state index in [0.29, 0.717) is 19.8 Å². The van der Waals surface area contributed by atoms with Gasteiger partial charge in [0.25, 0.3) is 0 Å². The van der Waals surface area contributed by atoms with E-state index in [1.165, 1.54) is 7.11 Å². The SMILES string of the molecule is CCCCOCCOCC(NC(C)C)C(=O)OC. The number of unbranched alkanes of at least 4 members (excludes halogenated alkanes) is 1. The molecule has 5 nitrogen and oxygen atoms in total. The van der Waals surface area contributed by atoms with Crippen LogP contribution in [0, 0.1) is 0 Å². The van der Waals surface area contributed by atoms with E-state index in [9.17, 15) is 4.79 Å². The van der Waals surface area contributed by atoms with Crippen molar-refractivity contribution in [2.45, 2.75) is 45.7 Å². The molecule has 0 amide bonds. The van der Waals surface area contributed by atoms with Crippen molar-refractivity contribution < 1.29 is 19.0 Å². The second-order valence-corrected chi connectivity index (χ2v) is 4.44. The lowest BCUT2D eigenvalue weighted by atomic mass is 10.2. The number of ether oxygens (including phenoxy) is 3.